The van der Waals surface area contributed by atoms with Crippen LogP contribution in [0.4, 0.5) is 10.1 Å². The lowest BCUT2D eigenvalue weighted by molar-refractivity contribution is -0.118. The van der Waals surface area contributed by atoms with Crippen molar-refractivity contribution < 1.29 is 23.4 Å². The zero-order chi connectivity index (χ0) is 16.7. The normalized spacial score (nSPS) is 10.0. The third-order valence-electron chi connectivity index (χ3n) is 2.91. The minimum Gasteiger partial charge on any atom is -0.493 e. The van der Waals surface area contributed by atoms with Crippen molar-refractivity contribution in [3.05, 3.63) is 48.3 Å². The van der Waals surface area contributed by atoms with Crippen LogP contribution in [-0.4, -0.2) is 26.2 Å². The molecule has 0 aliphatic carbocycles. The molecule has 0 fully saturated rings. The van der Waals surface area contributed by atoms with Gasteiger partial charge in [-0.15, -0.1) is 0 Å². The fourth-order valence-corrected chi connectivity index (χ4v) is 1.92. The van der Waals surface area contributed by atoms with Crippen LogP contribution in [0.15, 0.2) is 42.5 Å². The van der Waals surface area contributed by atoms with E-state index in [2.05, 4.69) is 5.32 Å². The Hall–Kier alpha value is -2.76. The predicted molar refractivity (Wildman–Crippen MR) is 84.7 cm³/mol. The quantitative estimate of drug-likeness (QED) is 0.851. The highest BCUT2D eigenvalue weighted by molar-refractivity contribution is 5.92. The third-order valence-corrected chi connectivity index (χ3v) is 2.91. The molecular formula is C17H18FNO4. The molecule has 5 nitrogen and oxygen atoms in total. The lowest BCUT2D eigenvalue weighted by Gasteiger charge is -2.12. The Labute approximate surface area is 134 Å². The standard InChI is InChI=1S/C17H18FNO4/c1-3-22-15-8-7-13(10-16(15)21-2)19-17(20)11-23-14-6-4-5-12(18)9-14/h4-10H,3,11H2,1-2H3,(H,19,20). The monoisotopic (exact) mass is 319 g/mol. The van der Waals surface area contributed by atoms with Crippen molar-refractivity contribution in [1.29, 1.82) is 0 Å². The van der Waals surface area contributed by atoms with Crippen LogP contribution in [0.3, 0.4) is 0 Å². The molecule has 0 saturated carbocycles. The summed E-state index contributed by atoms with van der Waals surface area (Å²) in [7, 11) is 1.52. The SMILES string of the molecule is CCOc1ccc(NC(=O)COc2cccc(F)c2)cc1OC. The highest BCUT2D eigenvalue weighted by atomic mass is 19.1. The molecule has 6 heteroatoms. The first-order chi connectivity index (χ1) is 11.1. The molecule has 0 bridgehead atoms. The van der Waals surface area contributed by atoms with Gasteiger partial charge in [-0.1, -0.05) is 6.07 Å². The number of hydrogen-bond donors (Lipinski definition) is 1. The number of hydrogen-bond acceptors (Lipinski definition) is 4. The van der Waals surface area contributed by atoms with E-state index in [0.29, 0.717) is 29.5 Å². The van der Waals surface area contributed by atoms with Crippen molar-refractivity contribution in [3.63, 3.8) is 0 Å². The Balaban J connectivity index is 1.94. The molecular weight excluding hydrogens is 301 g/mol. The molecule has 1 N–H and O–H groups in total. The number of benzene rings is 2. The predicted octanol–water partition coefficient (Wildman–Crippen LogP) is 3.25. The van der Waals surface area contributed by atoms with Crippen molar-refractivity contribution in [1.82, 2.24) is 0 Å². The van der Waals surface area contributed by atoms with E-state index in [-0.39, 0.29) is 12.5 Å². The summed E-state index contributed by atoms with van der Waals surface area (Å²) in [4.78, 5) is 11.9. The summed E-state index contributed by atoms with van der Waals surface area (Å²) in [5.41, 5.74) is 0.554. The van der Waals surface area contributed by atoms with E-state index >= 15 is 0 Å². The molecule has 2 aromatic rings. The van der Waals surface area contributed by atoms with Gasteiger partial charge < -0.3 is 19.5 Å². The van der Waals surface area contributed by atoms with Gasteiger partial charge in [0.25, 0.3) is 5.91 Å². The summed E-state index contributed by atoms with van der Waals surface area (Å²) in [6, 6.07) is 10.7. The Morgan fingerprint density at radius 1 is 1.13 bits per heavy atom. The number of amides is 1. The molecule has 0 aromatic heterocycles. The molecule has 0 heterocycles. The van der Waals surface area contributed by atoms with E-state index in [1.165, 1.54) is 25.3 Å². The maximum Gasteiger partial charge on any atom is 0.262 e. The fourth-order valence-electron chi connectivity index (χ4n) is 1.92. The number of halogens is 1. The van der Waals surface area contributed by atoms with E-state index < -0.39 is 5.82 Å². The summed E-state index contributed by atoms with van der Waals surface area (Å²) in [5.74, 6) is 0.642. The second kappa shape index (κ2) is 8.03. The first kappa shape index (κ1) is 16.6. The minimum atomic E-state index is -0.417. The number of carbonyl (C=O) groups is 1. The molecule has 2 rings (SSSR count). The molecule has 122 valence electrons. The molecule has 0 aliphatic heterocycles. The Kier molecular flexibility index (Phi) is 5.80. The fraction of sp³-hybridized carbons (Fsp3) is 0.235. The van der Waals surface area contributed by atoms with Gasteiger partial charge in [0, 0.05) is 17.8 Å². The van der Waals surface area contributed by atoms with Crippen molar-refractivity contribution in [3.8, 4) is 17.2 Å². The van der Waals surface area contributed by atoms with Crippen molar-refractivity contribution in [2.45, 2.75) is 6.92 Å². The van der Waals surface area contributed by atoms with E-state index in [1.807, 2.05) is 6.92 Å². The molecule has 23 heavy (non-hydrogen) atoms. The smallest absolute Gasteiger partial charge is 0.262 e. The van der Waals surface area contributed by atoms with Crippen LogP contribution < -0.4 is 19.5 Å². The maximum atomic E-state index is 13.0. The van der Waals surface area contributed by atoms with Crippen LogP contribution in [0.5, 0.6) is 17.2 Å². The van der Waals surface area contributed by atoms with E-state index in [0.717, 1.165) is 0 Å². The zero-order valence-electron chi connectivity index (χ0n) is 13.0. The van der Waals surface area contributed by atoms with E-state index in [9.17, 15) is 9.18 Å². The van der Waals surface area contributed by atoms with Gasteiger partial charge in [-0.25, -0.2) is 4.39 Å². The summed E-state index contributed by atoms with van der Waals surface area (Å²) in [6.07, 6.45) is 0. The van der Waals surface area contributed by atoms with Crippen LogP contribution in [0.25, 0.3) is 0 Å². The number of anilines is 1. The Bertz CT molecular complexity index is 675. The van der Waals surface area contributed by atoms with Gasteiger partial charge in [0.15, 0.2) is 18.1 Å². The molecule has 0 radical (unpaired) electrons. The second-order valence-corrected chi connectivity index (χ2v) is 4.59. The molecule has 2 aromatic carbocycles. The molecule has 0 unspecified atom stereocenters. The molecule has 1 amide bonds. The van der Waals surface area contributed by atoms with Crippen molar-refractivity contribution in [2.24, 2.45) is 0 Å². The van der Waals surface area contributed by atoms with Gasteiger partial charge in [-0.2, -0.15) is 0 Å². The first-order valence-corrected chi connectivity index (χ1v) is 7.11. The Morgan fingerprint density at radius 3 is 2.65 bits per heavy atom. The minimum absolute atomic E-state index is 0.223. The molecule has 0 spiro atoms. The highest BCUT2D eigenvalue weighted by Crippen LogP contribution is 2.30. The van der Waals surface area contributed by atoms with Gasteiger partial charge in [-0.3, -0.25) is 4.79 Å². The van der Waals surface area contributed by atoms with E-state index in [1.54, 1.807) is 24.3 Å². The molecule has 0 aliphatic rings. The number of methoxy groups -OCH3 is 1. The lowest BCUT2D eigenvalue weighted by atomic mass is 10.2. The van der Waals surface area contributed by atoms with Gasteiger partial charge in [-0.05, 0) is 31.2 Å². The largest absolute Gasteiger partial charge is 0.493 e. The zero-order valence-corrected chi connectivity index (χ0v) is 13.0. The van der Waals surface area contributed by atoms with Crippen LogP contribution in [0.2, 0.25) is 0 Å². The number of nitrogens with one attached hydrogen (secondary N) is 1. The summed E-state index contributed by atoms with van der Waals surface area (Å²) >= 11 is 0. The van der Waals surface area contributed by atoms with Crippen LogP contribution in [0, 0.1) is 5.82 Å². The lowest BCUT2D eigenvalue weighted by Crippen LogP contribution is -2.20. The Morgan fingerprint density at radius 2 is 1.96 bits per heavy atom. The summed E-state index contributed by atoms with van der Waals surface area (Å²) in [6.45, 7) is 2.17. The summed E-state index contributed by atoms with van der Waals surface area (Å²) in [5, 5.41) is 2.68. The average molecular weight is 319 g/mol. The van der Waals surface area contributed by atoms with Crippen molar-refractivity contribution in [2.75, 3.05) is 25.6 Å². The second-order valence-electron chi connectivity index (χ2n) is 4.59. The topological polar surface area (TPSA) is 56.8 Å². The van der Waals surface area contributed by atoms with Gasteiger partial charge >= 0.3 is 0 Å². The van der Waals surface area contributed by atoms with E-state index in [4.69, 9.17) is 14.2 Å². The average Bonchev–Trinajstić information content (AvgIpc) is 2.54. The number of ether oxygens (including phenoxy) is 3. The van der Waals surface area contributed by atoms with Gasteiger partial charge in [0.05, 0.1) is 13.7 Å². The summed E-state index contributed by atoms with van der Waals surface area (Å²) < 4.78 is 28.9. The van der Waals surface area contributed by atoms with Gasteiger partial charge in [0.1, 0.15) is 11.6 Å². The highest BCUT2D eigenvalue weighted by Gasteiger charge is 2.08. The van der Waals surface area contributed by atoms with Crippen LogP contribution in [-0.2, 0) is 4.79 Å². The number of carbonyl (C=O) groups excluding carboxylic acids is 1. The molecule has 0 atom stereocenters. The third kappa shape index (κ3) is 4.88. The first-order valence-electron chi connectivity index (χ1n) is 7.11. The molecule has 0 saturated heterocycles. The van der Waals surface area contributed by atoms with Crippen LogP contribution >= 0.6 is 0 Å². The maximum absolute atomic E-state index is 13.0. The van der Waals surface area contributed by atoms with Gasteiger partial charge in [0.2, 0.25) is 0 Å². The number of rotatable bonds is 7. The van der Waals surface area contributed by atoms with Crippen molar-refractivity contribution >= 4 is 11.6 Å². The van der Waals surface area contributed by atoms with Crippen LogP contribution in [0.1, 0.15) is 6.92 Å².